The molecule has 10 nitrogen and oxygen atoms in total. The summed E-state index contributed by atoms with van der Waals surface area (Å²) in [5.74, 6) is 3.05. The van der Waals surface area contributed by atoms with Crippen molar-refractivity contribution >= 4 is 40.5 Å². The first-order valence-corrected chi connectivity index (χ1v) is 14.9. The Labute approximate surface area is 239 Å². The quantitative estimate of drug-likeness (QED) is 0.173. The number of terminal acetylenes is 1. The number of carbonyl (C=O) groups is 2. The monoisotopic (exact) mass is 571 g/mol. The second-order valence-electron chi connectivity index (χ2n) is 11.6. The highest BCUT2D eigenvalue weighted by molar-refractivity contribution is 6.28. The van der Waals surface area contributed by atoms with Gasteiger partial charge in [-0.2, -0.15) is 9.97 Å². The lowest BCUT2D eigenvalue weighted by Gasteiger charge is -2.44. The smallest absolute Gasteiger partial charge is 0.312 e. The Morgan fingerprint density at radius 1 is 1.23 bits per heavy atom. The number of amides is 1. The highest BCUT2D eigenvalue weighted by Crippen LogP contribution is 2.51. The van der Waals surface area contributed by atoms with Gasteiger partial charge in [0.25, 0.3) is 0 Å². The molecule has 1 aliphatic heterocycles. The summed E-state index contributed by atoms with van der Waals surface area (Å²) in [7, 11) is 0. The van der Waals surface area contributed by atoms with Gasteiger partial charge in [-0.1, -0.05) is 38.5 Å². The summed E-state index contributed by atoms with van der Waals surface area (Å²) in [6, 6.07) is -0.670. The topological polar surface area (TPSA) is 128 Å². The van der Waals surface area contributed by atoms with E-state index in [4.69, 9.17) is 27.5 Å². The number of halogens is 1. The van der Waals surface area contributed by atoms with E-state index in [1.165, 1.54) is 6.33 Å². The van der Waals surface area contributed by atoms with Crippen molar-refractivity contribution in [3.05, 3.63) is 11.6 Å². The maximum Gasteiger partial charge on any atom is 0.312 e. The second kappa shape index (κ2) is 12.0. The fourth-order valence-corrected chi connectivity index (χ4v) is 6.60. The number of nitrogens with zero attached hydrogens (tertiary/aromatic N) is 4. The van der Waals surface area contributed by atoms with E-state index in [0.29, 0.717) is 17.6 Å². The first kappa shape index (κ1) is 28.8. The van der Waals surface area contributed by atoms with Crippen molar-refractivity contribution in [2.45, 2.75) is 102 Å². The van der Waals surface area contributed by atoms with Gasteiger partial charge in [-0.3, -0.25) is 9.59 Å². The Balaban J connectivity index is 1.28. The zero-order valence-electron chi connectivity index (χ0n) is 23.0. The largest absolute Gasteiger partial charge is 0.461 e. The van der Waals surface area contributed by atoms with Crippen LogP contribution in [0.2, 0.25) is 5.28 Å². The van der Waals surface area contributed by atoms with Crippen LogP contribution in [0.1, 0.15) is 90.0 Å². The lowest BCUT2D eigenvalue weighted by atomic mass is 9.61. The van der Waals surface area contributed by atoms with Crippen LogP contribution in [0.25, 0.3) is 11.2 Å². The first-order chi connectivity index (χ1) is 19.3. The van der Waals surface area contributed by atoms with Crippen LogP contribution in [0, 0.1) is 23.7 Å². The Morgan fingerprint density at radius 2 is 1.95 bits per heavy atom. The van der Waals surface area contributed by atoms with Gasteiger partial charge in [0.1, 0.15) is 12.7 Å². The van der Waals surface area contributed by atoms with E-state index in [1.807, 2.05) is 0 Å². The van der Waals surface area contributed by atoms with Gasteiger partial charge in [0.15, 0.2) is 22.6 Å². The summed E-state index contributed by atoms with van der Waals surface area (Å²) in [6.45, 7) is 1.95. The summed E-state index contributed by atoms with van der Waals surface area (Å²) in [5.41, 5.74) is -1.29. The normalized spacial score (nSPS) is 29.4. The number of hydrogen-bond donors (Lipinski definition) is 2. The Kier molecular flexibility index (Phi) is 8.64. The number of carbonyl (C=O) groups excluding carboxylic acids is 2. The van der Waals surface area contributed by atoms with Gasteiger partial charge >= 0.3 is 5.97 Å². The van der Waals surface area contributed by atoms with Crippen LogP contribution in [0.15, 0.2) is 6.33 Å². The number of anilines is 1. The number of nitrogens with one attached hydrogen (secondary N) is 1. The van der Waals surface area contributed by atoms with Gasteiger partial charge in [0.2, 0.25) is 11.2 Å². The molecule has 0 radical (unpaired) electrons. The first-order valence-electron chi connectivity index (χ1n) is 14.5. The van der Waals surface area contributed by atoms with E-state index in [0.717, 1.165) is 76.5 Å². The standard InChI is InChI=1S/C29H38ClN5O5/c1-3-5-6-7-8-9-21(36)32-24-22-25(34-27(30)33-24)35(18-31-22)20-16-40-29(4-2,23(20)37)17-39-26(38)28-13-10-19(11-14-28)12-15-28/h2,18-20,23,37H,3,5-17H2,1H3,(H,32,33,34,36)/t19?,20?,23-,28?,29+/m0/s1. The van der Waals surface area contributed by atoms with Crippen molar-refractivity contribution in [2.24, 2.45) is 11.3 Å². The molecule has 0 spiro atoms. The van der Waals surface area contributed by atoms with E-state index in [1.54, 1.807) is 4.57 Å². The fraction of sp³-hybridized carbons (Fsp3) is 0.690. The molecule has 3 saturated carbocycles. The number of esters is 1. The SMILES string of the molecule is C#C[C@]1(COC(=O)C23CCC(CC2)CC3)OCC(n2cnc3c(NC(=O)CCCCCCC)nc(Cl)nc32)[C@@H]1O. The van der Waals surface area contributed by atoms with Gasteiger partial charge in [0.05, 0.1) is 24.4 Å². The number of imidazole rings is 1. The lowest BCUT2D eigenvalue weighted by molar-refractivity contribution is -0.170. The van der Waals surface area contributed by atoms with Gasteiger partial charge in [-0.05, 0) is 62.5 Å². The minimum Gasteiger partial charge on any atom is -0.461 e. The molecule has 1 unspecified atom stereocenters. The fourth-order valence-electron chi connectivity index (χ4n) is 6.43. The minimum atomic E-state index is -1.51. The third-order valence-corrected chi connectivity index (χ3v) is 9.23. The summed E-state index contributed by atoms with van der Waals surface area (Å²) in [6.07, 6.45) is 17.3. The van der Waals surface area contributed by atoms with E-state index in [2.05, 4.69) is 33.1 Å². The maximum absolute atomic E-state index is 13.1. The van der Waals surface area contributed by atoms with Crippen LogP contribution in [0.4, 0.5) is 5.82 Å². The van der Waals surface area contributed by atoms with E-state index >= 15 is 0 Å². The number of aliphatic hydroxyl groups excluding tert-OH is 1. The van der Waals surface area contributed by atoms with Crippen molar-refractivity contribution in [3.8, 4) is 12.3 Å². The van der Waals surface area contributed by atoms with Crippen molar-refractivity contribution < 1.29 is 24.2 Å². The third kappa shape index (κ3) is 5.56. The average molecular weight is 572 g/mol. The number of fused-ring (bicyclic) bond motifs is 4. The van der Waals surface area contributed by atoms with E-state index in [-0.39, 0.29) is 36.2 Å². The van der Waals surface area contributed by atoms with E-state index in [9.17, 15) is 14.7 Å². The number of rotatable bonds is 11. The minimum absolute atomic E-state index is 0.0439. The molecule has 216 valence electrons. The van der Waals surface area contributed by atoms with Crippen LogP contribution in [0.3, 0.4) is 0 Å². The molecular weight excluding hydrogens is 534 g/mol. The molecule has 2 aromatic heterocycles. The third-order valence-electron chi connectivity index (χ3n) is 9.06. The highest BCUT2D eigenvalue weighted by Gasteiger charge is 2.53. The summed E-state index contributed by atoms with van der Waals surface area (Å²) < 4.78 is 13.3. The number of hydrogen-bond acceptors (Lipinski definition) is 8. The molecule has 3 atom stereocenters. The second-order valence-corrected chi connectivity index (χ2v) is 11.9. The predicted octanol–water partition coefficient (Wildman–Crippen LogP) is 4.60. The molecule has 4 aliphatic rings. The Bertz CT molecular complexity index is 1270. The molecular formula is C29H38ClN5O5. The van der Waals surface area contributed by atoms with Gasteiger partial charge in [-0.25, -0.2) is 4.98 Å². The molecule has 2 N–H and O–H groups in total. The molecule has 1 saturated heterocycles. The molecule has 40 heavy (non-hydrogen) atoms. The van der Waals surface area contributed by atoms with Crippen LogP contribution in [0.5, 0.6) is 0 Å². The molecule has 6 rings (SSSR count). The molecule has 2 bridgehead atoms. The molecule has 2 aromatic rings. The van der Waals surface area contributed by atoms with Crippen LogP contribution in [-0.2, 0) is 19.1 Å². The molecule has 3 aliphatic carbocycles. The summed E-state index contributed by atoms with van der Waals surface area (Å²) >= 11 is 6.21. The molecule has 4 fully saturated rings. The highest BCUT2D eigenvalue weighted by atomic mass is 35.5. The number of aliphatic hydroxyl groups is 1. The van der Waals surface area contributed by atoms with Crippen molar-refractivity contribution in [1.82, 2.24) is 19.5 Å². The number of aromatic nitrogens is 4. The number of ether oxygens (including phenoxy) is 2. The van der Waals surface area contributed by atoms with Crippen LogP contribution in [-0.4, -0.2) is 61.4 Å². The van der Waals surface area contributed by atoms with Gasteiger partial charge < -0.3 is 24.5 Å². The average Bonchev–Trinajstić information content (AvgIpc) is 3.53. The molecule has 3 heterocycles. The maximum atomic E-state index is 13.1. The zero-order valence-corrected chi connectivity index (χ0v) is 23.8. The van der Waals surface area contributed by atoms with Gasteiger partial charge in [-0.15, -0.1) is 6.42 Å². The lowest BCUT2D eigenvalue weighted by Crippen LogP contribution is -2.48. The molecule has 11 heteroatoms. The van der Waals surface area contributed by atoms with Crippen LogP contribution >= 0.6 is 11.6 Å². The Morgan fingerprint density at radius 3 is 2.65 bits per heavy atom. The van der Waals surface area contributed by atoms with Crippen LogP contribution < -0.4 is 5.32 Å². The summed E-state index contributed by atoms with van der Waals surface area (Å²) in [5, 5.41) is 14.1. The molecule has 1 amide bonds. The predicted molar refractivity (Wildman–Crippen MR) is 149 cm³/mol. The van der Waals surface area contributed by atoms with Gasteiger partial charge in [0, 0.05) is 6.42 Å². The van der Waals surface area contributed by atoms with E-state index < -0.39 is 23.2 Å². The number of unbranched alkanes of at least 4 members (excludes halogenated alkanes) is 4. The Hall–Kier alpha value is -2.74. The summed E-state index contributed by atoms with van der Waals surface area (Å²) in [4.78, 5) is 38.6. The zero-order chi connectivity index (χ0) is 28.3. The van der Waals surface area contributed by atoms with Crippen molar-refractivity contribution in [3.63, 3.8) is 0 Å². The van der Waals surface area contributed by atoms with Crippen molar-refractivity contribution in [1.29, 1.82) is 0 Å². The van der Waals surface area contributed by atoms with Crippen molar-refractivity contribution in [2.75, 3.05) is 18.5 Å². The molecule has 0 aromatic carbocycles.